The van der Waals surface area contributed by atoms with Crippen LogP contribution >= 0.6 is 0 Å². The molecule has 1 aliphatic rings. The molecule has 10 nitrogen and oxygen atoms in total. The summed E-state index contributed by atoms with van der Waals surface area (Å²) in [6.45, 7) is 3.76. The molecule has 3 rings (SSSR count). The van der Waals surface area contributed by atoms with Gasteiger partial charge in [-0.15, -0.1) is 0 Å². The highest BCUT2D eigenvalue weighted by Crippen LogP contribution is 2.26. The summed E-state index contributed by atoms with van der Waals surface area (Å²) in [4.78, 5) is 50.2. The second-order valence-corrected chi connectivity index (χ2v) is 7.77. The van der Waals surface area contributed by atoms with Crippen LogP contribution in [0.4, 0.5) is 11.5 Å². The number of benzene rings is 1. The monoisotopic (exact) mass is 457 g/mol. The highest BCUT2D eigenvalue weighted by Gasteiger charge is 2.36. The summed E-state index contributed by atoms with van der Waals surface area (Å²) < 4.78 is 15.1. The normalized spacial score (nSPS) is 15.4. The van der Waals surface area contributed by atoms with Crippen molar-refractivity contribution >= 4 is 35.3 Å². The molecule has 0 spiro atoms. The van der Waals surface area contributed by atoms with E-state index in [9.17, 15) is 19.2 Å². The van der Waals surface area contributed by atoms with Gasteiger partial charge in [-0.25, -0.2) is 4.79 Å². The first kappa shape index (κ1) is 24.0. The molecule has 2 aromatic rings. The molecule has 0 bridgehead atoms. The van der Waals surface area contributed by atoms with Crippen LogP contribution in [0.3, 0.4) is 0 Å². The fraction of sp³-hybridized carbons (Fsp3) is 0.435. The highest BCUT2D eigenvalue weighted by atomic mass is 16.5. The van der Waals surface area contributed by atoms with Crippen molar-refractivity contribution in [3.05, 3.63) is 41.7 Å². The number of carbonyl (C=O) groups is 4. The lowest BCUT2D eigenvalue weighted by Gasteiger charge is -2.17. The van der Waals surface area contributed by atoms with Gasteiger partial charge in [0, 0.05) is 24.7 Å². The predicted molar refractivity (Wildman–Crippen MR) is 118 cm³/mol. The second kappa shape index (κ2) is 11.3. The van der Waals surface area contributed by atoms with Gasteiger partial charge in [0.25, 0.3) is 5.91 Å². The lowest BCUT2D eigenvalue weighted by molar-refractivity contribution is -0.151. The lowest BCUT2D eigenvalue weighted by Crippen LogP contribution is -2.28. The molecule has 33 heavy (non-hydrogen) atoms. The maximum atomic E-state index is 12.4. The van der Waals surface area contributed by atoms with E-state index < -0.39 is 30.4 Å². The molecule has 176 valence electrons. The first-order valence-electron chi connectivity index (χ1n) is 10.8. The topological polar surface area (TPSA) is 128 Å². The molecule has 1 atom stereocenters. The van der Waals surface area contributed by atoms with Crippen molar-refractivity contribution in [3.63, 3.8) is 0 Å². The molecule has 1 N–H and O–H groups in total. The maximum absolute atomic E-state index is 12.4. The van der Waals surface area contributed by atoms with Crippen molar-refractivity contribution < 1.29 is 33.2 Å². The van der Waals surface area contributed by atoms with Crippen LogP contribution in [0.1, 0.15) is 48.7 Å². The number of aryl methyl sites for hydroxylation is 1. The van der Waals surface area contributed by atoms with Gasteiger partial charge in [0.15, 0.2) is 12.4 Å². The first-order valence-corrected chi connectivity index (χ1v) is 10.8. The van der Waals surface area contributed by atoms with Crippen molar-refractivity contribution in [3.8, 4) is 0 Å². The number of unbranched alkanes of at least 4 members (excludes halogenated alkanes) is 2. The summed E-state index contributed by atoms with van der Waals surface area (Å²) >= 11 is 0. The zero-order valence-electron chi connectivity index (χ0n) is 18.7. The molecule has 1 aromatic heterocycles. The van der Waals surface area contributed by atoms with Crippen LogP contribution in [0.5, 0.6) is 0 Å². The molecule has 0 saturated carbocycles. The quantitative estimate of drug-likeness (QED) is 0.426. The number of hydrogen-bond donors (Lipinski definition) is 1. The number of esters is 2. The van der Waals surface area contributed by atoms with Gasteiger partial charge >= 0.3 is 11.9 Å². The number of hydrogen-bond acceptors (Lipinski definition) is 8. The van der Waals surface area contributed by atoms with E-state index in [4.69, 9.17) is 14.0 Å². The largest absolute Gasteiger partial charge is 0.462 e. The summed E-state index contributed by atoms with van der Waals surface area (Å²) in [5.74, 6) is -1.78. The van der Waals surface area contributed by atoms with Gasteiger partial charge in [-0.1, -0.05) is 24.9 Å². The molecule has 1 fully saturated rings. The SMILES string of the molecule is CCCCCOC(=O)c1ccc(N2C[C@H](C(=O)OCC(=O)Nc3cc(C)on3)CC2=O)cc1. The Labute approximate surface area is 191 Å². The molecule has 1 saturated heterocycles. The molecule has 1 aromatic carbocycles. The van der Waals surface area contributed by atoms with E-state index in [1.807, 2.05) is 0 Å². The molecular formula is C23H27N3O7. The Morgan fingerprint density at radius 2 is 1.94 bits per heavy atom. The van der Waals surface area contributed by atoms with Crippen molar-refractivity contribution in [2.24, 2.45) is 5.92 Å². The van der Waals surface area contributed by atoms with Crippen molar-refractivity contribution in [2.45, 2.75) is 39.5 Å². The Kier molecular flexibility index (Phi) is 8.17. The fourth-order valence-corrected chi connectivity index (χ4v) is 3.35. The van der Waals surface area contributed by atoms with Crippen LogP contribution in [0.25, 0.3) is 0 Å². The Balaban J connectivity index is 1.48. The predicted octanol–water partition coefficient (Wildman–Crippen LogP) is 2.86. The second-order valence-electron chi connectivity index (χ2n) is 7.77. The van der Waals surface area contributed by atoms with Crippen LogP contribution in [0, 0.1) is 12.8 Å². The molecular weight excluding hydrogens is 430 g/mol. The minimum atomic E-state index is -0.692. The number of amides is 2. The van der Waals surface area contributed by atoms with E-state index in [1.165, 1.54) is 11.0 Å². The van der Waals surface area contributed by atoms with Gasteiger partial charge in [-0.2, -0.15) is 0 Å². The number of anilines is 2. The molecule has 2 heterocycles. The maximum Gasteiger partial charge on any atom is 0.338 e. The standard InChI is InChI=1S/C23H27N3O7/c1-3-4-5-10-31-22(29)16-6-8-18(9-7-16)26-13-17(12-21(26)28)23(30)32-14-20(27)24-19-11-15(2)33-25-19/h6-9,11,17H,3-5,10,12-14H2,1-2H3,(H,24,25,27)/t17-/m1/s1. The number of nitrogens with zero attached hydrogens (tertiary/aromatic N) is 2. The van der Waals surface area contributed by atoms with E-state index in [-0.39, 0.29) is 24.7 Å². The van der Waals surface area contributed by atoms with Crippen LogP contribution < -0.4 is 10.2 Å². The van der Waals surface area contributed by atoms with Gasteiger partial charge in [-0.3, -0.25) is 14.4 Å². The minimum Gasteiger partial charge on any atom is -0.462 e. The Morgan fingerprint density at radius 3 is 2.61 bits per heavy atom. The first-order chi connectivity index (χ1) is 15.9. The van der Waals surface area contributed by atoms with Crippen molar-refractivity contribution in [1.29, 1.82) is 0 Å². The van der Waals surface area contributed by atoms with Crippen LogP contribution in [-0.2, 0) is 23.9 Å². The Morgan fingerprint density at radius 1 is 1.18 bits per heavy atom. The van der Waals surface area contributed by atoms with Crippen LogP contribution in [-0.4, -0.2) is 48.7 Å². The third-order valence-electron chi connectivity index (χ3n) is 5.10. The molecule has 2 amide bonds. The Bertz CT molecular complexity index is 1000. The number of carbonyl (C=O) groups excluding carboxylic acids is 4. The zero-order valence-corrected chi connectivity index (χ0v) is 18.7. The number of nitrogens with one attached hydrogen (secondary N) is 1. The average Bonchev–Trinajstić information content (AvgIpc) is 3.40. The van der Waals surface area contributed by atoms with Crippen LogP contribution in [0.2, 0.25) is 0 Å². The van der Waals surface area contributed by atoms with E-state index in [0.29, 0.717) is 23.6 Å². The van der Waals surface area contributed by atoms with Crippen molar-refractivity contribution in [2.75, 3.05) is 30.0 Å². The summed E-state index contributed by atoms with van der Waals surface area (Å²) in [5.41, 5.74) is 0.961. The average molecular weight is 457 g/mol. The van der Waals surface area contributed by atoms with E-state index >= 15 is 0 Å². The lowest BCUT2D eigenvalue weighted by atomic mass is 10.1. The number of rotatable bonds is 10. The third kappa shape index (κ3) is 6.64. The molecule has 0 aliphatic carbocycles. The number of aromatic nitrogens is 1. The van der Waals surface area contributed by atoms with E-state index in [0.717, 1.165) is 19.3 Å². The van der Waals surface area contributed by atoms with E-state index in [2.05, 4.69) is 17.4 Å². The van der Waals surface area contributed by atoms with Gasteiger partial charge in [0.05, 0.1) is 18.1 Å². The molecule has 1 aliphatic heterocycles. The zero-order chi connectivity index (χ0) is 23.8. The summed E-state index contributed by atoms with van der Waals surface area (Å²) in [7, 11) is 0. The summed E-state index contributed by atoms with van der Waals surface area (Å²) in [6.07, 6.45) is 2.84. The van der Waals surface area contributed by atoms with Gasteiger partial charge in [-0.05, 0) is 37.6 Å². The van der Waals surface area contributed by atoms with Gasteiger partial charge in [0.1, 0.15) is 5.76 Å². The van der Waals surface area contributed by atoms with Crippen LogP contribution in [0.15, 0.2) is 34.9 Å². The third-order valence-corrected chi connectivity index (χ3v) is 5.10. The van der Waals surface area contributed by atoms with Gasteiger partial charge < -0.3 is 24.2 Å². The highest BCUT2D eigenvalue weighted by molar-refractivity contribution is 6.00. The minimum absolute atomic E-state index is 0.0237. The molecule has 0 radical (unpaired) electrons. The number of ether oxygens (including phenoxy) is 2. The smallest absolute Gasteiger partial charge is 0.338 e. The Hall–Kier alpha value is -3.69. The summed E-state index contributed by atoms with van der Waals surface area (Å²) in [5, 5.41) is 6.07. The molecule has 0 unspecified atom stereocenters. The summed E-state index contributed by atoms with van der Waals surface area (Å²) in [6, 6.07) is 7.99. The van der Waals surface area contributed by atoms with Gasteiger partial charge in [0.2, 0.25) is 5.91 Å². The molecule has 10 heteroatoms. The van der Waals surface area contributed by atoms with Crippen molar-refractivity contribution in [1.82, 2.24) is 5.16 Å². The van der Waals surface area contributed by atoms with E-state index in [1.54, 1.807) is 31.2 Å². The fourth-order valence-electron chi connectivity index (χ4n) is 3.35.